The van der Waals surface area contributed by atoms with Gasteiger partial charge in [-0.1, -0.05) is 116 Å². The summed E-state index contributed by atoms with van der Waals surface area (Å²) < 4.78 is 2.46. The van der Waals surface area contributed by atoms with Crippen molar-refractivity contribution < 1.29 is 0 Å². The van der Waals surface area contributed by atoms with E-state index in [1.807, 2.05) is 6.20 Å². The third-order valence-corrected chi connectivity index (χ3v) is 12.4. The van der Waals surface area contributed by atoms with E-state index >= 15 is 0 Å². The fourth-order valence-corrected chi connectivity index (χ4v) is 10.0. The van der Waals surface area contributed by atoms with Gasteiger partial charge in [0, 0.05) is 46.8 Å². The van der Waals surface area contributed by atoms with Gasteiger partial charge in [0.25, 0.3) is 0 Å². The van der Waals surface area contributed by atoms with Crippen LogP contribution in [0.25, 0.3) is 71.8 Å². The van der Waals surface area contributed by atoms with Crippen molar-refractivity contribution in [3.63, 3.8) is 0 Å². The Labute approximate surface area is 315 Å². The lowest BCUT2D eigenvalue weighted by Crippen LogP contribution is -2.07. The van der Waals surface area contributed by atoms with E-state index in [4.69, 9.17) is 4.98 Å². The van der Waals surface area contributed by atoms with Crippen molar-refractivity contribution in [2.75, 3.05) is 0 Å². The largest absolute Gasteiger partial charge is 0.293 e. The van der Waals surface area contributed by atoms with Crippen LogP contribution < -0.4 is 0 Å². The number of pyridine rings is 2. The maximum Gasteiger partial charge on any atom is 0.137 e. The minimum atomic E-state index is 0.167. The maximum atomic E-state index is 5.36. The molecule has 0 fully saturated rings. The molecular weight excluding hydrogens is 655 g/mol. The molecule has 2 atom stereocenters. The molecule has 3 heteroatoms. The third-order valence-electron chi connectivity index (χ3n) is 12.4. The molecule has 9 aromatic rings. The van der Waals surface area contributed by atoms with Crippen molar-refractivity contribution in [3.05, 3.63) is 185 Å². The molecule has 1 unspecified atom stereocenters. The number of benzene rings is 6. The fourth-order valence-electron chi connectivity index (χ4n) is 10.0. The minimum absolute atomic E-state index is 0.167. The normalized spacial score (nSPS) is 14.9. The van der Waals surface area contributed by atoms with Crippen LogP contribution in [0, 0.1) is 6.92 Å². The van der Waals surface area contributed by atoms with E-state index in [0.717, 1.165) is 25.1 Å². The molecule has 0 radical (unpaired) electrons. The smallest absolute Gasteiger partial charge is 0.137 e. The highest BCUT2D eigenvalue weighted by Gasteiger charge is 2.35. The van der Waals surface area contributed by atoms with E-state index in [9.17, 15) is 0 Å². The molecule has 3 aromatic heterocycles. The van der Waals surface area contributed by atoms with Crippen molar-refractivity contribution in [1.82, 2.24) is 14.5 Å². The van der Waals surface area contributed by atoms with Gasteiger partial charge in [-0.15, -0.1) is 0 Å². The van der Waals surface area contributed by atoms with Gasteiger partial charge >= 0.3 is 0 Å². The van der Waals surface area contributed by atoms with E-state index in [2.05, 4.69) is 169 Å². The van der Waals surface area contributed by atoms with Gasteiger partial charge in [0.1, 0.15) is 5.82 Å². The summed E-state index contributed by atoms with van der Waals surface area (Å²) in [5.74, 6) is 1.44. The molecule has 0 spiro atoms. The average molecular weight is 694 g/mol. The molecule has 11 rings (SSSR count). The first kappa shape index (κ1) is 31.2. The van der Waals surface area contributed by atoms with Crippen LogP contribution in [-0.4, -0.2) is 14.5 Å². The summed E-state index contributed by atoms with van der Waals surface area (Å²) in [7, 11) is 0. The van der Waals surface area contributed by atoms with Gasteiger partial charge < -0.3 is 0 Å². The van der Waals surface area contributed by atoms with Crippen LogP contribution in [0.5, 0.6) is 0 Å². The van der Waals surface area contributed by atoms with Gasteiger partial charge in [-0.25, -0.2) is 4.98 Å². The van der Waals surface area contributed by atoms with Crippen LogP contribution in [0.1, 0.15) is 65.0 Å². The quantitative estimate of drug-likeness (QED) is 0.180. The van der Waals surface area contributed by atoms with Crippen LogP contribution in [-0.2, 0) is 6.42 Å². The first-order valence-corrected chi connectivity index (χ1v) is 19.4. The Morgan fingerprint density at radius 2 is 1.46 bits per heavy atom. The fraction of sp³-hybridized carbons (Fsp3) is 0.137. The zero-order chi connectivity index (χ0) is 35.9. The Balaban J connectivity index is 1.18. The van der Waals surface area contributed by atoms with Crippen molar-refractivity contribution in [2.24, 2.45) is 0 Å². The molecule has 6 aromatic carbocycles. The molecule has 3 nitrogen and oxygen atoms in total. The highest BCUT2D eigenvalue weighted by molar-refractivity contribution is 6.19. The number of aryl methyl sites for hydroxylation is 1. The lowest BCUT2D eigenvalue weighted by Gasteiger charge is -2.26. The van der Waals surface area contributed by atoms with E-state index in [-0.39, 0.29) is 5.92 Å². The number of rotatable bonds is 5. The summed E-state index contributed by atoms with van der Waals surface area (Å²) in [6.07, 6.45) is 9.16. The Hall–Kier alpha value is -6.32. The highest BCUT2D eigenvalue weighted by atomic mass is 15.1. The molecule has 0 amide bonds. The molecule has 258 valence electrons. The van der Waals surface area contributed by atoms with Crippen LogP contribution in [0.4, 0.5) is 0 Å². The number of hydrogen-bond acceptors (Lipinski definition) is 2. The summed E-state index contributed by atoms with van der Waals surface area (Å²) in [5.41, 5.74) is 18.5. The van der Waals surface area contributed by atoms with Gasteiger partial charge in [0.2, 0.25) is 0 Å². The second kappa shape index (κ2) is 12.1. The van der Waals surface area contributed by atoms with Crippen LogP contribution in [0.3, 0.4) is 0 Å². The number of hydrogen-bond donors (Lipinski definition) is 0. The second-order valence-corrected chi connectivity index (χ2v) is 15.1. The minimum Gasteiger partial charge on any atom is -0.293 e. The summed E-state index contributed by atoms with van der Waals surface area (Å²) in [4.78, 5) is 9.97. The summed E-state index contributed by atoms with van der Waals surface area (Å²) in [6.45, 7) is 4.46. The molecule has 0 N–H and O–H groups in total. The predicted molar refractivity (Wildman–Crippen MR) is 224 cm³/mol. The lowest BCUT2D eigenvalue weighted by atomic mass is 9.78. The predicted octanol–water partition coefficient (Wildman–Crippen LogP) is 13.0. The number of aromatic nitrogens is 3. The van der Waals surface area contributed by atoms with Crippen molar-refractivity contribution in [3.8, 4) is 39.2 Å². The Bertz CT molecular complexity index is 2950. The van der Waals surface area contributed by atoms with E-state index in [1.165, 1.54) is 99.3 Å². The topological polar surface area (TPSA) is 30.7 Å². The van der Waals surface area contributed by atoms with E-state index in [0.29, 0.717) is 5.92 Å². The number of nitrogens with zero attached hydrogens (tertiary/aromatic N) is 3. The zero-order valence-corrected chi connectivity index (χ0v) is 30.6. The van der Waals surface area contributed by atoms with Crippen LogP contribution in [0.15, 0.2) is 152 Å². The summed E-state index contributed by atoms with van der Waals surface area (Å²) in [6, 6.07) is 49.7. The number of fused-ring (bicyclic) bond motifs is 14. The Morgan fingerprint density at radius 1 is 0.667 bits per heavy atom. The third kappa shape index (κ3) is 4.48. The Kier molecular flexibility index (Phi) is 7.00. The first-order chi connectivity index (χ1) is 26.7. The Morgan fingerprint density at radius 3 is 2.31 bits per heavy atom. The van der Waals surface area contributed by atoms with Gasteiger partial charge in [0.05, 0.1) is 11.0 Å². The molecule has 0 saturated heterocycles. The zero-order valence-electron chi connectivity index (χ0n) is 30.6. The highest BCUT2D eigenvalue weighted by Crippen LogP contribution is 2.55. The van der Waals surface area contributed by atoms with Crippen molar-refractivity contribution >= 4 is 32.6 Å². The van der Waals surface area contributed by atoms with Gasteiger partial charge in [0.15, 0.2) is 0 Å². The summed E-state index contributed by atoms with van der Waals surface area (Å²) >= 11 is 0. The van der Waals surface area contributed by atoms with Gasteiger partial charge in [-0.05, 0) is 122 Å². The molecule has 0 saturated carbocycles. The van der Waals surface area contributed by atoms with E-state index < -0.39 is 0 Å². The van der Waals surface area contributed by atoms with Gasteiger partial charge in [-0.3, -0.25) is 9.55 Å². The lowest BCUT2D eigenvalue weighted by molar-refractivity contribution is 0.736. The van der Waals surface area contributed by atoms with Crippen LogP contribution >= 0.6 is 0 Å². The molecule has 0 aliphatic heterocycles. The van der Waals surface area contributed by atoms with Crippen molar-refractivity contribution in [2.45, 2.75) is 44.9 Å². The average Bonchev–Trinajstić information content (AvgIpc) is 3.33. The van der Waals surface area contributed by atoms with Crippen molar-refractivity contribution in [1.29, 1.82) is 0 Å². The molecule has 2 aliphatic carbocycles. The molecule has 3 heterocycles. The monoisotopic (exact) mass is 693 g/mol. The maximum absolute atomic E-state index is 5.36. The number of para-hydroxylation sites is 1. The first-order valence-electron chi connectivity index (χ1n) is 19.4. The molecule has 2 aliphatic rings. The molecule has 2 bridgehead atoms. The van der Waals surface area contributed by atoms with Gasteiger partial charge in [-0.2, -0.15) is 0 Å². The molecule has 54 heavy (non-hydrogen) atoms. The van der Waals surface area contributed by atoms with E-state index in [1.54, 1.807) is 0 Å². The van der Waals surface area contributed by atoms with Crippen LogP contribution in [0.2, 0.25) is 0 Å². The summed E-state index contributed by atoms with van der Waals surface area (Å²) in [5, 5.41) is 5.15. The SMILES string of the molecule is CC[C@@H](c1ccc(-n2c3ccccc3c3cc4c5c(c32)-c2c(ccc3ccccc23)C(CC5)c2ccccc2-4)nc1)c1cnccc1-c1ccccc1C. The second-order valence-electron chi connectivity index (χ2n) is 15.1. The standard InChI is InChI=1S/C51H39N3/c1-3-34(46-30-52-27-26-40(46)35-14-6-4-12-31(35)2)33-21-25-48(53-29-33)54-47-19-11-10-18-41(47)45-28-44-38-17-9-8-16-37(38)39-23-24-43(44)50(51(45)54)49-36-15-7-5-13-32(36)20-22-42(39)49/h4-22,25-30,34,39H,3,23-24H2,1-2H3/t34-,39?/m0/s1. The molecular formula is C51H39N3.